The molecule has 1 saturated heterocycles. The summed E-state index contributed by atoms with van der Waals surface area (Å²) in [5, 5.41) is 12.4. The highest BCUT2D eigenvalue weighted by Gasteiger charge is 2.22. The van der Waals surface area contributed by atoms with Crippen LogP contribution in [0.15, 0.2) is 48.5 Å². The first-order valence-electron chi connectivity index (χ1n) is 8.04. The Labute approximate surface area is 141 Å². The molecule has 24 heavy (non-hydrogen) atoms. The SMILES string of the molecule is Nc1c(NCc2ccccc2)cccc1N1CCN(C(=O)O)CC1. The average Bonchev–Trinajstić information content (AvgIpc) is 2.62. The highest BCUT2D eigenvalue weighted by atomic mass is 16.4. The first-order chi connectivity index (χ1) is 11.6. The van der Waals surface area contributed by atoms with E-state index in [0.717, 1.165) is 11.4 Å². The van der Waals surface area contributed by atoms with E-state index >= 15 is 0 Å². The van der Waals surface area contributed by atoms with Crippen LogP contribution in [0.2, 0.25) is 0 Å². The maximum absolute atomic E-state index is 11.0. The Morgan fingerprint density at radius 2 is 1.75 bits per heavy atom. The Kier molecular flexibility index (Phi) is 4.74. The van der Waals surface area contributed by atoms with E-state index in [-0.39, 0.29) is 0 Å². The summed E-state index contributed by atoms with van der Waals surface area (Å²) in [6, 6.07) is 16.1. The monoisotopic (exact) mass is 326 g/mol. The van der Waals surface area contributed by atoms with Crippen molar-refractivity contribution < 1.29 is 9.90 Å². The predicted molar refractivity (Wildman–Crippen MR) is 96.4 cm³/mol. The Hall–Kier alpha value is -2.89. The number of para-hydroxylation sites is 1. The second-order valence-electron chi connectivity index (χ2n) is 5.83. The highest BCUT2D eigenvalue weighted by molar-refractivity contribution is 5.81. The molecule has 6 heteroatoms. The van der Waals surface area contributed by atoms with Gasteiger partial charge in [-0.2, -0.15) is 0 Å². The molecule has 1 amide bonds. The number of piperazine rings is 1. The molecule has 0 aliphatic carbocycles. The first-order valence-corrected chi connectivity index (χ1v) is 8.04. The van der Waals surface area contributed by atoms with Gasteiger partial charge >= 0.3 is 6.09 Å². The molecule has 0 unspecified atom stereocenters. The van der Waals surface area contributed by atoms with Gasteiger partial charge in [0.05, 0.1) is 17.1 Å². The zero-order valence-electron chi connectivity index (χ0n) is 13.5. The fraction of sp³-hybridized carbons (Fsp3) is 0.278. The van der Waals surface area contributed by atoms with Crippen molar-refractivity contribution in [2.45, 2.75) is 6.54 Å². The largest absolute Gasteiger partial charge is 0.465 e. The standard InChI is InChI=1S/C18H22N4O2/c19-17-15(20-13-14-5-2-1-3-6-14)7-4-8-16(17)21-9-11-22(12-10-21)18(23)24/h1-8,20H,9-13,19H2,(H,23,24). The Morgan fingerprint density at radius 1 is 1.04 bits per heavy atom. The van der Waals surface area contributed by atoms with Crippen LogP contribution in [-0.2, 0) is 6.54 Å². The van der Waals surface area contributed by atoms with Gasteiger partial charge in [-0.1, -0.05) is 36.4 Å². The summed E-state index contributed by atoms with van der Waals surface area (Å²) in [6.45, 7) is 3.01. The number of nitrogens with zero attached hydrogens (tertiary/aromatic N) is 2. The summed E-state index contributed by atoms with van der Waals surface area (Å²) < 4.78 is 0. The quantitative estimate of drug-likeness (QED) is 0.753. The number of nitrogens with two attached hydrogens (primary N) is 1. The van der Waals surface area contributed by atoms with Crippen LogP contribution in [0.3, 0.4) is 0 Å². The van der Waals surface area contributed by atoms with Gasteiger partial charge in [-0.05, 0) is 17.7 Å². The minimum atomic E-state index is -0.860. The van der Waals surface area contributed by atoms with Crippen molar-refractivity contribution in [3.05, 3.63) is 54.1 Å². The molecular weight excluding hydrogens is 304 g/mol. The molecule has 2 aromatic rings. The molecule has 0 radical (unpaired) electrons. The van der Waals surface area contributed by atoms with E-state index in [4.69, 9.17) is 10.8 Å². The van der Waals surface area contributed by atoms with E-state index in [2.05, 4.69) is 22.3 Å². The summed E-state index contributed by atoms with van der Waals surface area (Å²) >= 11 is 0. The van der Waals surface area contributed by atoms with Gasteiger partial charge < -0.3 is 26.0 Å². The summed E-state index contributed by atoms with van der Waals surface area (Å²) in [5.41, 5.74) is 10.1. The van der Waals surface area contributed by atoms with Gasteiger partial charge in [0.25, 0.3) is 0 Å². The van der Waals surface area contributed by atoms with Gasteiger partial charge in [-0.25, -0.2) is 4.79 Å². The van der Waals surface area contributed by atoms with Crippen LogP contribution in [0.25, 0.3) is 0 Å². The summed E-state index contributed by atoms with van der Waals surface area (Å²) in [6.07, 6.45) is -0.860. The molecule has 0 atom stereocenters. The zero-order valence-corrected chi connectivity index (χ0v) is 13.5. The van der Waals surface area contributed by atoms with Gasteiger partial charge in [0, 0.05) is 32.7 Å². The molecule has 0 bridgehead atoms. The van der Waals surface area contributed by atoms with Gasteiger partial charge in [-0.3, -0.25) is 0 Å². The smallest absolute Gasteiger partial charge is 0.407 e. The normalized spacial score (nSPS) is 14.5. The molecule has 6 nitrogen and oxygen atoms in total. The Balaban J connectivity index is 1.68. The maximum Gasteiger partial charge on any atom is 0.407 e. The van der Waals surface area contributed by atoms with Gasteiger partial charge in [-0.15, -0.1) is 0 Å². The van der Waals surface area contributed by atoms with Gasteiger partial charge in [0.15, 0.2) is 0 Å². The number of nitrogens with one attached hydrogen (secondary N) is 1. The van der Waals surface area contributed by atoms with Crippen molar-refractivity contribution in [1.82, 2.24) is 4.90 Å². The molecular formula is C18H22N4O2. The lowest BCUT2D eigenvalue weighted by molar-refractivity contribution is 0.142. The lowest BCUT2D eigenvalue weighted by Crippen LogP contribution is -2.48. The molecule has 1 heterocycles. The van der Waals surface area contributed by atoms with Crippen LogP contribution in [-0.4, -0.2) is 42.3 Å². The van der Waals surface area contributed by atoms with Crippen molar-refractivity contribution in [1.29, 1.82) is 0 Å². The molecule has 2 aromatic carbocycles. The summed E-state index contributed by atoms with van der Waals surface area (Å²) in [5.74, 6) is 0. The van der Waals surface area contributed by atoms with Crippen molar-refractivity contribution in [3.63, 3.8) is 0 Å². The van der Waals surface area contributed by atoms with E-state index in [1.54, 1.807) is 0 Å². The molecule has 3 rings (SSSR count). The maximum atomic E-state index is 11.0. The number of rotatable bonds is 4. The van der Waals surface area contributed by atoms with E-state index in [1.807, 2.05) is 36.4 Å². The number of carbonyl (C=O) groups is 1. The van der Waals surface area contributed by atoms with Crippen LogP contribution < -0.4 is 16.0 Å². The van der Waals surface area contributed by atoms with Crippen molar-refractivity contribution in [3.8, 4) is 0 Å². The molecule has 126 valence electrons. The van der Waals surface area contributed by atoms with Crippen LogP contribution in [0.5, 0.6) is 0 Å². The summed E-state index contributed by atoms with van der Waals surface area (Å²) in [4.78, 5) is 14.6. The number of hydrogen-bond donors (Lipinski definition) is 3. The van der Waals surface area contributed by atoms with Crippen LogP contribution >= 0.6 is 0 Å². The zero-order chi connectivity index (χ0) is 16.9. The minimum absolute atomic E-state index is 0.496. The van der Waals surface area contributed by atoms with Crippen molar-refractivity contribution >= 4 is 23.2 Å². The molecule has 0 aromatic heterocycles. The topological polar surface area (TPSA) is 81.8 Å². The van der Waals surface area contributed by atoms with Crippen LogP contribution in [0, 0.1) is 0 Å². The molecule has 0 saturated carbocycles. The summed E-state index contributed by atoms with van der Waals surface area (Å²) in [7, 11) is 0. The number of amides is 1. The molecule has 4 N–H and O–H groups in total. The third-order valence-corrected chi connectivity index (χ3v) is 4.30. The second kappa shape index (κ2) is 7.12. The third kappa shape index (κ3) is 3.53. The number of hydrogen-bond acceptors (Lipinski definition) is 4. The lowest BCUT2D eigenvalue weighted by Gasteiger charge is -2.35. The number of anilines is 3. The number of nitrogen functional groups attached to an aromatic ring is 1. The number of benzene rings is 2. The van der Waals surface area contributed by atoms with Crippen molar-refractivity contribution in [2.75, 3.05) is 42.1 Å². The van der Waals surface area contributed by atoms with Crippen LogP contribution in [0.1, 0.15) is 5.56 Å². The van der Waals surface area contributed by atoms with E-state index < -0.39 is 6.09 Å². The van der Waals surface area contributed by atoms with E-state index in [9.17, 15) is 4.79 Å². The number of carboxylic acid groups (broad SMARTS) is 1. The van der Waals surface area contributed by atoms with Crippen LogP contribution in [0.4, 0.5) is 21.9 Å². The molecule has 0 spiro atoms. The fourth-order valence-corrected chi connectivity index (χ4v) is 2.91. The van der Waals surface area contributed by atoms with Crippen molar-refractivity contribution in [2.24, 2.45) is 0 Å². The Morgan fingerprint density at radius 3 is 2.42 bits per heavy atom. The van der Waals surface area contributed by atoms with Gasteiger partial charge in [0.2, 0.25) is 0 Å². The highest BCUT2D eigenvalue weighted by Crippen LogP contribution is 2.31. The Bertz CT molecular complexity index is 697. The second-order valence-corrected chi connectivity index (χ2v) is 5.83. The molecule has 1 aliphatic heterocycles. The molecule has 1 aliphatic rings. The predicted octanol–water partition coefficient (Wildman–Crippen LogP) is 2.68. The van der Waals surface area contributed by atoms with E-state index in [0.29, 0.717) is 38.4 Å². The van der Waals surface area contributed by atoms with E-state index in [1.165, 1.54) is 10.5 Å². The third-order valence-electron chi connectivity index (χ3n) is 4.30. The van der Waals surface area contributed by atoms with Gasteiger partial charge in [0.1, 0.15) is 0 Å². The lowest BCUT2D eigenvalue weighted by atomic mass is 10.1. The average molecular weight is 326 g/mol. The molecule has 1 fully saturated rings. The first kappa shape index (κ1) is 16.0. The fourth-order valence-electron chi connectivity index (χ4n) is 2.91. The minimum Gasteiger partial charge on any atom is -0.465 e.